The zero-order valence-corrected chi connectivity index (χ0v) is 17.1. The highest BCUT2D eigenvalue weighted by Gasteiger charge is 2.29. The fourth-order valence-electron chi connectivity index (χ4n) is 3.37. The predicted molar refractivity (Wildman–Crippen MR) is 108 cm³/mol. The number of ether oxygens (including phenoxy) is 1. The van der Waals surface area contributed by atoms with E-state index in [1.807, 2.05) is 32.9 Å². The van der Waals surface area contributed by atoms with Gasteiger partial charge >= 0.3 is 0 Å². The molecule has 150 valence electrons. The molecule has 0 aliphatic carbocycles. The minimum Gasteiger partial charge on any atom is -0.492 e. The van der Waals surface area contributed by atoms with Gasteiger partial charge in [0.05, 0.1) is 23.7 Å². The maximum atomic E-state index is 13.1. The van der Waals surface area contributed by atoms with Crippen LogP contribution in [0.3, 0.4) is 0 Å². The Morgan fingerprint density at radius 1 is 1.32 bits per heavy atom. The molecule has 1 amide bonds. The van der Waals surface area contributed by atoms with Crippen LogP contribution in [0.1, 0.15) is 39.7 Å². The van der Waals surface area contributed by atoms with Crippen LogP contribution in [0.2, 0.25) is 5.02 Å². The largest absolute Gasteiger partial charge is 0.492 e. The highest BCUT2D eigenvalue weighted by Crippen LogP contribution is 2.34. The number of aliphatic hydroxyl groups is 1. The molecule has 0 unspecified atom stereocenters. The van der Waals surface area contributed by atoms with E-state index in [2.05, 4.69) is 4.98 Å². The average molecular weight is 405 g/mol. The molecule has 0 saturated heterocycles. The quantitative estimate of drug-likeness (QED) is 0.775. The van der Waals surface area contributed by atoms with Crippen LogP contribution in [0.15, 0.2) is 23.0 Å². The second kappa shape index (κ2) is 8.37. The Balaban J connectivity index is 1.87. The van der Waals surface area contributed by atoms with Crippen LogP contribution < -0.4 is 10.3 Å². The number of fused-ring (bicyclic) bond motifs is 1. The standard InChI is InChI=1S/C21H25ClN2O4/c1-12(10-25)11-28-17-5-4-15-6-7-24(21(27)18(15)19(17)22)9-16-13(2)8-14(3)23-20(16)26/h4-5,8,12,25H,6-7,9-11H2,1-3H3,(H,23,26)/t12-/m0/s1. The SMILES string of the molecule is Cc1cc(C)c(CN2CCc3ccc(OC[C@@H](C)CO)c(Cl)c3C2=O)c(=O)[nH]1. The molecule has 6 nitrogen and oxygen atoms in total. The lowest BCUT2D eigenvalue weighted by Gasteiger charge is -2.30. The van der Waals surface area contributed by atoms with Crippen LogP contribution in [-0.2, 0) is 13.0 Å². The predicted octanol–water partition coefficient (Wildman–Crippen LogP) is 2.85. The Morgan fingerprint density at radius 2 is 2.07 bits per heavy atom. The number of benzene rings is 1. The summed E-state index contributed by atoms with van der Waals surface area (Å²) in [5.74, 6) is 0.196. The number of amides is 1. The summed E-state index contributed by atoms with van der Waals surface area (Å²) in [5.41, 5.74) is 3.39. The van der Waals surface area contributed by atoms with Crippen LogP contribution in [0.5, 0.6) is 5.75 Å². The number of hydrogen-bond donors (Lipinski definition) is 2. The highest BCUT2D eigenvalue weighted by molar-refractivity contribution is 6.35. The monoisotopic (exact) mass is 404 g/mol. The Labute approximate surface area is 169 Å². The van der Waals surface area contributed by atoms with Gasteiger partial charge in [0, 0.05) is 30.3 Å². The fourth-order valence-corrected chi connectivity index (χ4v) is 3.69. The maximum absolute atomic E-state index is 13.1. The van der Waals surface area contributed by atoms with Gasteiger partial charge in [0.2, 0.25) is 0 Å². The molecule has 3 rings (SSSR count). The molecule has 0 saturated carbocycles. The molecule has 28 heavy (non-hydrogen) atoms. The molecule has 0 bridgehead atoms. The number of nitrogens with one attached hydrogen (secondary N) is 1. The van der Waals surface area contributed by atoms with E-state index in [9.17, 15) is 9.59 Å². The first kappa shape index (κ1) is 20.4. The average Bonchev–Trinajstić information content (AvgIpc) is 2.65. The number of pyridine rings is 1. The van der Waals surface area contributed by atoms with Crippen molar-refractivity contribution in [3.8, 4) is 5.75 Å². The maximum Gasteiger partial charge on any atom is 0.256 e. The number of aliphatic hydroxyl groups excluding tert-OH is 1. The summed E-state index contributed by atoms with van der Waals surface area (Å²) in [5, 5.41) is 9.44. The van der Waals surface area contributed by atoms with Crippen LogP contribution in [0.25, 0.3) is 0 Å². The van der Waals surface area contributed by atoms with Gasteiger partial charge in [-0.1, -0.05) is 24.6 Å². The third kappa shape index (κ3) is 4.08. The zero-order valence-electron chi connectivity index (χ0n) is 16.3. The van der Waals surface area contributed by atoms with Crippen molar-refractivity contribution in [3.05, 3.63) is 61.5 Å². The molecule has 2 heterocycles. The molecule has 1 atom stereocenters. The van der Waals surface area contributed by atoms with Gasteiger partial charge in [0.25, 0.3) is 11.5 Å². The van der Waals surface area contributed by atoms with E-state index in [1.165, 1.54) is 0 Å². The number of H-pyrrole nitrogens is 1. The summed E-state index contributed by atoms with van der Waals surface area (Å²) >= 11 is 6.50. The molecular formula is C21H25ClN2O4. The van der Waals surface area contributed by atoms with Gasteiger partial charge in [0.15, 0.2) is 0 Å². The van der Waals surface area contributed by atoms with Gasteiger partial charge < -0.3 is 19.7 Å². The summed E-state index contributed by atoms with van der Waals surface area (Å²) in [6.07, 6.45) is 0.664. The van der Waals surface area contributed by atoms with E-state index in [4.69, 9.17) is 21.4 Å². The van der Waals surface area contributed by atoms with Crippen LogP contribution in [0, 0.1) is 19.8 Å². The number of nitrogens with zero attached hydrogens (tertiary/aromatic N) is 1. The Hall–Kier alpha value is -2.31. The van der Waals surface area contributed by atoms with Crippen LogP contribution in [0.4, 0.5) is 0 Å². The Kier molecular flexibility index (Phi) is 6.10. The summed E-state index contributed by atoms with van der Waals surface area (Å²) in [4.78, 5) is 29.9. The minimum absolute atomic E-state index is 0.0136. The number of rotatable bonds is 6. The van der Waals surface area contributed by atoms with E-state index in [0.29, 0.717) is 36.4 Å². The van der Waals surface area contributed by atoms with Crippen molar-refractivity contribution < 1.29 is 14.6 Å². The lowest BCUT2D eigenvalue weighted by Crippen LogP contribution is -2.39. The molecule has 0 fully saturated rings. The molecule has 1 aromatic carbocycles. The van der Waals surface area contributed by atoms with Crippen molar-refractivity contribution in [1.82, 2.24) is 9.88 Å². The zero-order chi connectivity index (χ0) is 20.4. The molecule has 0 radical (unpaired) electrons. The fraction of sp³-hybridized carbons (Fsp3) is 0.429. The van der Waals surface area contributed by atoms with E-state index < -0.39 is 0 Å². The summed E-state index contributed by atoms with van der Waals surface area (Å²) < 4.78 is 5.69. The highest BCUT2D eigenvalue weighted by atomic mass is 35.5. The Bertz CT molecular complexity index is 954. The van der Waals surface area contributed by atoms with Crippen molar-refractivity contribution in [2.75, 3.05) is 19.8 Å². The number of halogens is 1. The van der Waals surface area contributed by atoms with Crippen molar-refractivity contribution >= 4 is 17.5 Å². The molecule has 1 aliphatic rings. The third-order valence-corrected chi connectivity index (χ3v) is 5.40. The molecule has 0 spiro atoms. The van der Waals surface area contributed by atoms with Crippen molar-refractivity contribution in [2.24, 2.45) is 5.92 Å². The van der Waals surface area contributed by atoms with E-state index >= 15 is 0 Å². The number of aromatic amines is 1. The van der Waals surface area contributed by atoms with Gasteiger partial charge in [-0.25, -0.2) is 0 Å². The second-order valence-electron chi connectivity index (χ2n) is 7.43. The van der Waals surface area contributed by atoms with Gasteiger partial charge in [-0.15, -0.1) is 0 Å². The topological polar surface area (TPSA) is 82.6 Å². The van der Waals surface area contributed by atoms with Gasteiger partial charge in [-0.3, -0.25) is 9.59 Å². The smallest absolute Gasteiger partial charge is 0.256 e. The molecule has 1 aromatic heterocycles. The number of hydrogen-bond acceptors (Lipinski definition) is 4. The first-order valence-corrected chi connectivity index (χ1v) is 9.73. The lowest BCUT2D eigenvalue weighted by molar-refractivity contribution is 0.0725. The summed E-state index contributed by atoms with van der Waals surface area (Å²) in [6.45, 7) is 6.66. The van der Waals surface area contributed by atoms with E-state index in [1.54, 1.807) is 11.0 Å². The van der Waals surface area contributed by atoms with Crippen molar-refractivity contribution in [3.63, 3.8) is 0 Å². The first-order chi connectivity index (χ1) is 13.3. The van der Waals surface area contributed by atoms with E-state index in [0.717, 1.165) is 16.8 Å². The van der Waals surface area contributed by atoms with Crippen molar-refractivity contribution in [2.45, 2.75) is 33.7 Å². The Morgan fingerprint density at radius 3 is 2.75 bits per heavy atom. The number of aromatic nitrogens is 1. The lowest BCUT2D eigenvalue weighted by atomic mass is 9.97. The second-order valence-corrected chi connectivity index (χ2v) is 7.81. The molecule has 7 heteroatoms. The number of carbonyl (C=O) groups excluding carboxylic acids is 1. The van der Waals surface area contributed by atoms with Gasteiger partial charge in [0.1, 0.15) is 5.75 Å². The molecule has 1 aliphatic heterocycles. The first-order valence-electron chi connectivity index (χ1n) is 9.35. The third-order valence-electron chi connectivity index (χ3n) is 5.02. The molecule has 2 aromatic rings. The molecule has 2 N–H and O–H groups in total. The summed E-state index contributed by atoms with van der Waals surface area (Å²) in [6, 6.07) is 5.53. The summed E-state index contributed by atoms with van der Waals surface area (Å²) in [7, 11) is 0. The normalized spacial score (nSPS) is 14.8. The number of carbonyl (C=O) groups is 1. The van der Waals surface area contributed by atoms with Gasteiger partial charge in [-0.05, 0) is 43.5 Å². The van der Waals surface area contributed by atoms with Gasteiger partial charge in [-0.2, -0.15) is 0 Å². The van der Waals surface area contributed by atoms with E-state index in [-0.39, 0.29) is 35.6 Å². The van der Waals surface area contributed by atoms with Crippen molar-refractivity contribution in [1.29, 1.82) is 0 Å². The van der Waals surface area contributed by atoms with Crippen LogP contribution >= 0.6 is 11.6 Å². The number of aryl methyl sites for hydroxylation is 2. The molecular weight excluding hydrogens is 380 g/mol. The van der Waals surface area contributed by atoms with Crippen LogP contribution in [-0.4, -0.2) is 40.7 Å². The minimum atomic E-state index is -0.203.